The van der Waals surface area contributed by atoms with Crippen LogP contribution in [0.1, 0.15) is 31.4 Å². The zero-order valence-corrected chi connectivity index (χ0v) is 14.1. The van der Waals surface area contributed by atoms with Crippen LogP contribution in [-0.2, 0) is 19.5 Å². The molecule has 0 aliphatic carbocycles. The predicted octanol–water partition coefficient (Wildman–Crippen LogP) is 2.14. The lowest BCUT2D eigenvalue weighted by Gasteiger charge is -2.13. The van der Waals surface area contributed by atoms with Gasteiger partial charge in [-0.15, -0.1) is 0 Å². The number of rotatable bonds is 6. The third-order valence-corrected chi connectivity index (χ3v) is 3.59. The molecule has 0 radical (unpaired) electrons. The SMILES string of the molecule is CC(C)Cc1noc(CN(C)Cc2nc3ccccc3c(=O)[nH]2)n1. The third kappa shape index (κ3) is 3.86. The molecule has 24 heavy (non-hydrogen) atoms. The summed E-state index contributed by atoms with van der Waals surface area (Å²) in [6.45, 7) is 5.22. The topological polar surface area (TPSA) is 87.9 Å². The van der Waals surface area contributed by atoms with Crippen molar-refractivity contribution in [3.05, 3.63) is 52.2 Å². The quantitative estimate of drug-likeness (QED) is 0.746. The second kappa shape index (κ2) is 6.92. The van der Waals surface area contributed by atoms with Crippen LogP contribution >= 0.6 is 0 Å². The summed E-state index contributed by atoms with van der Waals surface area (Å²) in [5.74, 6) is 2.39. The lowest BCUT2D eigenvalue weighted by atomic mass is 10.1. The van der Waals surface area contributed by atoms with Gasteiger partial charge in [0.1, 0.15) is 5.82 Å². The average Bonchev–Trinajstić information content (AvgIpc) is 2.93. The van der Waals surface area contributed by atoms with E-state index < -0.39 is 0 Å². The summed E-state index contributed by atoms with van der Waals surface area (Å²) in [7, 11) is 1.92. The molecular formula is C17H21N5O2. The molecule has 0 fully saturated rings. The van der Waals surface area contributed by atoms with Crippen molar-refractivity contribution < 1.29 is 4.52 Å². The average molecular weight is 327 g/mol. The Morgan fingerprint density at radius 3 is 2.79 bits per heavy atom. The number of hydrogen-bond acceptors (Lipinski definition) is 6. The van der Waals surface area contributed by atoms with Gasteiger partial charge in [0.25, 0.3) is 5.56 Å². The van der Waals surface area contributed by atoms with Crippen molar-refractivity contribution in [1.82, 2.24) is 25.0 Å². The van der Waals surface area contributed by atoms with Gasteiger partial charge in [-0.2, -0.15) is 4.98 Å². The van der Waals surface area contributed by atoms with E-state index in [1.165, 1.54) is 0 Å². The van der Waals surface area contributed by atoms with Crippen LogP contribution in [0, 0.1) is 5.92 Å². The van der Waals surface area contributed by atoms with Crippen molar-refractivity contribution in [2.45, 2.75) is 33.4 Å². The highest BCUT2D eigenvalue weighted by Crippen LogP contribution is 2.09. The van der Waals surface area contributed by atoms with E-state index in [9.17, 15) is 4.79 Å². The van der Waals surface area contributed by atoms with Crippen LogP contribution in [0.25, 0.3) is 10.9 Å². The van der Waals surface area contributed by atoms with Crippen molar-refractivity contribution in [3.63, 3.8) is 0 Å². The van der Waals surface area contributed by atoms with Crippen LogP contribution < -0.4 is 5.56 Å². The molecule has 0 amide bonds. The van der Waals surface area contributed by atoms with Crippen molar-refractivity contribution >= 4 is 10.9 Å². The minimum atomic E-state index is -0.124. The molecule has 2 aromatic heterocycles. The van der Waals surface area contributed by atoms with E-state index in [-0.39, 0.29) is 5.56 Å². The Bertz CT molecular complexity index is 884. The number of nitrogens with one attached hydrogen (secondary N) is 1. The van der Waals surface area contributed by atoms with E-state index in [1.54, 1.807) is 6.07 Å². The van der Waals surface area contributed by atoms with Crippen LogP contribution in [0.2, 0.25) is 0 Å². The fraction of sp³-hybridized carbons (Fsp3) is 0.412. The number of H-pyrrole nitrogens is 1. The fourth-order valence-corrected chi connectivity index (χ4v) is 2.55. The molecule has 1 aromatic carbocycles. The highest BCUT2D eigenvalue weighted by atomic mass is 16.5. The number of para-hydroxylation sites is 1. The minimum Gasteiger partial charge on any atom is -0.338 e. The van der Waals surface area contributed by atoms with Gasteiger partial charge in [0.15, 0.2) is 5.82 Å². The molecule has 0 aliphatic heterocycles. The summed E-state index contributed by atoms with van der Waals surface area (Å²) in [6.07, 6.45) is 0.798. The molecule has 126 valence electrons. The zero-order chi connectivity index (χ0) is 17.1. The van der Waals surface area contributed by atoms with E-state index in [4.69, 9.17) is 4.52 Å². The highest BCUT2D eigenvalue weighted by molar-refractivity contribution is 5.77. The Balaban J connectivity index is 1.69. The number of benzene rings is 1. The normalized spacial score (nSPS) is 11.7. The molecule has 0 atom stereocenters. The largest absolute Gasteiger partial charge is 0.338 e. The molecule has 0 unspecified atom stereocenters. The molecule has 3 rings (SSSR count). The summed E-state index contributed by atoms with van der Waals surface area (Å²) in [6, 6.07) is 7.31. The molecule has 0 saturated carbocycles. The number of aromatic nitrogens is 4. The Morgan fingerprint density at radius 2 is 2.00 bits per heavy atom. The molecule has 7 heteroatoms. The van der Waals surface area contributed by atoms with E-state index in [0.717, 1.165) is 12.2 Å². The minimum absolute atomic E-state index is 0.124. The van der Waals surface area contributed by atoms with Gasteiger partial charge in [0.05, 0.1) is 24.0 Å². The molecule has 7 nitrogen and oxygen atoms in total. The first-order chi connectivity index (χ1) is 11.5. The highest BCUT2D eigenvalue weighted by Gasteiger charge is 2.12. The number of fused-ring (bicyclic) bond motifs is 1. The first kappa shape index (κ1) is 16.3. The number of hydrogen-bond donors (Lipinski definition) is 1. The van der Waals surface area contributed by atoms with Crippen molar-refractivity contribution in [2.75, 3.05) is 7.05 Å². The van der Waals surface area contributed by atoms with Gasteiger partial charge < -0.3 is 9.51 Å². The van der Waals surface area contributed by atoms with Crippen molar-refractivity contribution in [1.29, 1.82) is 0 Å². The monoisotopic (exact) mass is 327 g/mol. The van der Waals surface area contributed by atoms with Crippen molar-refractivity contribution in [3.8, 4) is 0 Å². The van der Waals surface area contributed by atoms with E-state index >= 15 is 0 Å². The fourth-order valence-electron chi connectivity index (χ4n) is 2.55. The Hall–Kier alpha value is -2.54. The van der Waals surface area contributed by atoms with Gasteiger partial charge in [-0.3, -0.25) is 9.69 Å². The smallest absolute Gasteiger partial charge is 0.258 e. The van der Waals surface area contributed by atoms with Gasteiger partial charge in [-0.05, 0) is 25.1 Å². The zero-order valence-electron chi connectivity index (χ0n) is 14.1. The van der Waals surface area contributed by atoms with Gasteiger partial charge in [-0.25, -0.2) is 4.98 Å². The maximum absolute atomic E-state index is 12.1. The molecule has 1 N–H and O–H groups in total. The van der Waals surface area contributed by atoms with Crippen LogP contribution in [0.15, 0.2) is 33.6 Å². The van der Waals surface area contributed by atoms with Gasteiger partial charge in [0, 0.05) is 6.42 Å². The molecule has 2 heterocycles. The second-order valence-corrected chi connectivity index (χ2v) is 6.40. The van der Waals surface area contributed by atoms with Crippen LogP contribution in [0.5, 0.6) is 0 Å². The lowest BCUT2D eigenvalue weighted by Crippen LogP contribution is -2.22. The summed E-state index contributed by atoms with van der Waals surface area (Å²) >= 11 is 0. The molecule has 3 aromatic rings. The maximum atomic E-state index is 12.1. The molecule has 0 spiro atoms. The van der Waals surface area contributed by atoms with Crippen molar-refractivity contribution in [2.24, 2.45) is 5.92 Å². The van der Waals surface area contributed by atoms with Gasteiger partial charge in [-0.1, -0.05) is 31.1 Å². The number of nitrogens with zero attached hydrogens (tertiary/aromatic N) is 4. The standard InChI is InChI=1S/C17H21N5O2/c1-11(2)8-14-19-16(24-21-14)10-22(3)9-15-18-13-7-5-4-6-12(13)17(23)20-15/h4-7,11H,8-10H2,1-3H3,(H,18,20,23). The van der Waals surface area contributed by atoms with Gasteiger partial charge >= 0.3 is 0 Å². The maximum Gasteiger partial charge on any atom is 0.258 e. The predicted molar refractivity (Wildman–Crippen MR) is 90.4 cm³/mol. The molecule has 0 aliphatic rings. The molecule has 0 bridgehead atoms. The first-order valence-electron chi connectivity index (χ1n) is 7.99. The van der Waals surface area contributed by atoms with Gasteiger partial charge in [0.2, 0.25) is 5.89 Å². The second-order valence-electron chi connectivity index (χ2n) is 6.40. The molecular weight excluding hydrogens is 306 g/mol. The third-order valence-electron chi connectivity index (χ3n) is 3.59. The van der Waals surface area contributed by atoms with E-state index in [1.807, 2.05) is 30.1 Å². The summed E-state index contributed by atoms with van der Waals surface area (Å²) < 4.78 is 5.27. The number of aromatic amines is 1. The summed E-state index contributed by atoms with van der Waals surface area (Å²) in [5.41, 5.74) is 0.572. The summed E-state index contributed by atoms with van der Waals surface area (Å²) in [4.78, 5) is 25.8. The van der Waals surface area contributed by atoms with Crippen LogP contribution in [-0.4, -0.2) is 32.1 Å². The Labute approximate surface area is 139 Å². The van der Waals surface area contributed by atoms with Crippen LogP contribution in [0.3, 0.4) is 0 Å². The molecule has 0 saturated heterocycles. The lowest BCUT2D eigenvalue weighted by molar-refractivity contribution is 0.255. The van der Waals surface area contributed by atoms with E-state index in [0.29, 0.717) is 41.6 Å². The van der Waals surface area contributed by atoms with E-state index in [2.05, 4.69) is 34.0 Å². The summed E-state index contributed by atoms with van der Waals surface area (Å²) in [5, 5.41) is 4.58. The Morgan fingerprint density at radius 1 is 1.21 bits per heavy atom. The first-order valence-corrected chi connectivity index (χ1v) is 7.99. The Kier molecular flexibility index (Phi) is 4.71. The van der Waals surface area contributed by atoms with Crippen LogP contribution in [0.4, 0.5) is 0 Å².